The Balaban J connectivity index is 1.89. The van der Waals surface area contributed by atoms with Crippen molar-refractivity contribution in [3.8, 4) is 0 Å². The van der Waals surface area contributed by atoms with Gasteiger partial charge in [0, 0.05) is 45.8 Å². The van der Waals surface area contributed by atoms with Gasteiger partial charge in [0.05, 0.1) is 23.0 Å². The Bertz CT molecular complexity index is 419. The largest absolute Gasteiger partial charge is 0.308 e. The first-order chi connectivity index (χ1) is 9.20. The summed E-state index contributed by atoms with van der Waals surface area (Å²) in [6.45, 7) is 8.96. The van der Waals surface area contributed by atoms with E-state index in [9.17, 15) is 0 Å². The molecule has 3 aliphatic heterocycles. The van der Waals surface area contributed by atoms with Crippen molar-refractivity contribution in [3.05, 3.63) is 16.9 Å². The second-order valence-corrected chi connectivity index (χ2v) is 5.85. The highest BCUT2D eigenvalue weighted by Crippen LogP contribution is 2.30. The summed E-state index contributed by atoms with van der Waals surface area (Å²) in [4.78, 5) is 5.15. The number of hydrogen-bond acceptors (Lipinski definition) is 4. The lowest BCUT2D eigenvalue weighted by Crippen LogP contribution is -2.64. The van der Waals surface area contributed by atoms with Gasteiger partial charge in [0.25, 0.3) is 0 Å². The number of likely N-dealkylation sites (N-methyl/N-ethyl adjacent to an activating group) is 1. The van der Waals surface area contributed by atoms with Crippen molar-refractivity contribution in [2.45, 2.75) is 19.0 Å². The van der Waals surface area contributed by atoms with Crippen LogP contribution in [0.5, 0.6) is 0 Å². The van der Waals surface area contributed by atoms with Crippen molar-refractivity contribution in [1.29, 1.82) is 0 Å². The molecule has 106 valence electrons. The average Bonchev–Trinajstić information content (AvgIpc) is 2.77. The molecule has 6 heteroatoms. The van der Waals surface area contributed by atoms with Crippen LogP contribution in [0.2, 0.25) is 5.02 Å². The van der Waals surface area contributed by atoms with Crippen LogP contribution in [0.15, 0.2) is 6.20 Å². The van der Waals surface area contributed by atoms with Crippen LogP contribution in [-0.4, -0.2) is 64.9 Å². The number of nitrogens with zero attached hydrogens (tertiary/aromatic N) is 4. The number of rotatable bonds is 4. The highest BCUT2D eigenvalue weighted by molar-refractivity contribution is 6.31. The van der Waals surface area contributed by atoms with Gasteiger partial charge in [-0.05, 0) is 6.54 Å². The minimum absolute atomic E-state index is 0.258. The lowest BCUT2D eigenvalue weighted by atomic mass is 9.97. The van der Waals surface area contributed by atoms with Gasteiger partial charge in [0.15, 0.2) is 0 Å². The summed E-state index contributed by atoms with van der Waals surface area (Å²) in [5.74, 6) is 0. The zero-order chi connectivity index (χ0) is 13.4. The van der Waals surface area contributed by atoms with Gasteiger partial charge in [-0.3, -0.25) is 14.5 Å². The summed E-state index contributed by atoms with van der Waals surface area (Å²) in [5, 5.41) is 8.67. The number of nitrogens with one attached hydrogen (secondary N) is 1. The molecule has 2 atom stereocenters. The zero-order valence-corrected chi connectivity index (χ0v) is 12.4. The van der Waals surface area contributed by atoms with Crippen LogP contribution in [0.25, 0.3) is 0 Å². The molecule has 4 heterocycles. The number of piperazine rings is 3. The monoisotopic (exact) mass is 283 g/mol. The standard InChI is InChI=1S/C13H22ClN5/c1-3-15-12(13-10(14)8-16-17(13)2)11-9-18-4-6-19(11)7-5-18/h8,11-12,15H,3-7,9H2,1-2H3. The van der Waals surface area contributed by atoms with Gasteiger partial charge in [-0.25, -0.2) is 0 Å². The van der Waals surface area contributed by atoms with Crippen molar-refractivity contribution >= 4 is 11.6 Å². The van der Waals surface area contributed by atoms with Crippen molar-refractivity contribution < 1.29 is 0 Å². The lowest BCUT2D eigenvalue weighted by Gasteiger charge is -2.50. The highest BCUT2D eigenvalue weighted by Gasteiger charge is 2.38. The van der Waals surface area contributed by atoms with Crippen molar-refractivity contribution in [3.63, 3.8) is 0 Å². The second kappa shape index (κ2) is 5.40. The van der Waals surface area contributed by atoms with Crippen molar-refractivity contribution in [2.75, 3.05) is 39.3 Å². The van der Waals surface area contributed by atoms with Crippen molar-refractivity contribution in [2.24, 2.45) is 7.05 Å². The van der Waals surface area contributed by atoms with E-state index in [1.165, 1.54) is 26.2 Å². The predicted octanol–water partition coefficient (Wildman–Crippen LogP) is 0.724. The maximum atomic E-state index is 6.34. The first kappa shape index (κ1) is 13.4. The van der Waals surface area contributed by atoms with Gasteiger partial charge in [-0.1, -0.05) is 18.5 Å². The van der Waals surface area contributed by atoms with E-state index in [0.717, 1.165) is 23.8 Å². The number of fused-ring (bicyclic) bond motifs is 3. The van der Waals surface area contributed by atoms with E-state index in [2.05, 4.69) is 27.1 Å². The Kier molecular flexibility index (Phi) is 3.80. The van der Waals surface area contributed by atoms with Gasteiger partial charge < -0.3 is 5.32 Å². The lowest BCUT2D eigenvalue weighted by molar-refractivity contribution is -0.00458. The molecule has 0 aromatic carbocycles. The van der Waals surface area contributed by atoms with E-state index in [0.29, 0.717) is 6.04 Å². The summed E-state index contributed by atoms with van der Waals surface area (Å²) in [6, 6.07) is 0.753. The van der Waals surface area contributed by atoms with E-state index < -0.39 is 0 Å². The fourth-order valence-corrected chi connectivity index (χ4v) is 3.66. The van der Waals surface area contributed by atoms with Crippen molar-refractivity contribution in [1.82, 2.24) is 24.9 Å². The van der Waals surface area contributed by atoms with Crippen LogP contribution < -0.4 is 5.32 Å². The molecule has 0 aliphatic carbocycles. The SMILES string of the molecule is CCNC(c1c(Cl)cnn1C)C1CN2CCN1CC2. The molecule has 3 saturated heterocycles. The maximum absolute atomic E-state index is 6.34. The summed E-state index contributed by atoms with van der Waals surface area (Å²) < 4.78 is 1.91. The molecular weight excluding hydrogens is 262 g/mol. The molecule has 4 rings (SSSR count). The van der Waals surface area contributed by atoms with E-state index >= 15 is 0 Å². The molecule has 3 aliphatic rings. The van der Waals surface area contributed by atoms with Crippen LogP contribution in [0.4, 0.5) is 0 Å². The van der Waals surface area contributed by atoms with Crippen LogP contribution in [0.1, 0.15) is 18.7 Å². The van der Waals surface area contributed by atoms with Crippen LogP contribution in [-0.2, 0) is 7.05 Å². The number of aromatic nitrogens is 2. The molecular formula is C13H22ClN5. The molecule has 19 heavy (non-hydrogen) atoms. The summed E-state index contributed by atoms with van der Waals surface area (Å²) >= 11 is 6.34. The average molecular weight is 284 g/mol. The predicted molar refractivity (Wildman–Crippen MR) is 76.4 cm³/mol. The van der Waals surface area contributed by atoms with Crippen LogP contribution in [0, 0.1) is 0 Å². The minimum atomic E-state index is 0.258. The third kappa shape index (κ3) is 2.40. The Morgan fingerprint density at radius 1 is 1.42 bits per heavy atom. The minimum Gasteiger partial charge on any atom is -0.308 e. The van der Waals surface area contributed by atoms with Crippen LogP contribution in [0.3, 0.4) is 0 Å². The Labute approximate surface area is 119 Å². The highest BCUT2D eigenvalue weighted by atomic mass is 35.5. The topological polar surface area (TPSA) is 36.3 Å². The normalized spacial score (nSPS) is 31.6. The zero-order valence-electron chi connectivity index (χ0n) is 11.6. The van der Waals surface area contributed by atoms with E-state index in [1.54, 1.807) is 6.20 Å². The fourth-order valence-electron chi connectivity index (χ4n) is 3.38. The Morgan fingerprint density at radius 3 is 2.63 bits per heavy atom. The molecule has 0 spiro atoms. The van der Waals surface area contributed by atoms with Gasteiger partial charge >= 0.3 is 0 Å². The maximum Gasteiger partial charge on any atom is 0.0834 e. The van der Waals surface area contributed by atoms with E-state index in [4.69, 9.17) is 11.6 Å². The van der Waals surface area contributed by atoms with E-state index in [-0.39, 0.29) is 6.04 Å². The van der Waals surface area contributed by atoms with Gasteiger partial charge in [0.2, 0.25) is 0 Å². The third-order valence-corrected chi connectivity index (χ3v) is 4.65. The summed E-state index contributed by atoms with van der Waals surface area (Å²) in [6.07, 6.45) is 1.75. The molecule has 1 aromatic heterocycles. The van der Waals surface area contributed by atoms with Gasteiger partial charge in [0.1, 0.15) is 0 Å². The molecule has 2 bridgehead atoms. The number of aryl methyl sites for hydroxylation is 1. The van der Waals surface area contributed by atoms with Crippen LogP contribution >= 0.6 is 11.6 Å². The number of hydrogen-bond donors (Lipinski definition) is 1. The summed E-state index contributed by atoms with van der Waals surface area (Å²) in [5.41, 5.74) is 1.11. The smallest absolute Gasteiger partial charge is 0.0834 e. The fraction of sp³-hybridized carbons (Fsp3) is 0.769. The molecule has 1 N–H and O–H groups in total. The first-order valence-electron chi connectivity index (χ1n) is 7.08. The molecule has 2 unspecified atom stereocenters. The molecule has 1 aromatic rings. The van der Waals surface area contributed by atoms with Gasteiger partial charge in [-0.15, -0.1) is 0 Å². The Hall–Kier alpha value is -0.620. The molecule has 0 radical (unpaired) electrons. The first-order valence-corrected chi connectivity index (χ1v) is 7.45. The number of halogens is 1. The second-order valence-electron chi connectivity index (χ2n) is 5.44. The third-order valence-electron chi connectivity index (χ3n) is 4.36. The molecule has 0 amide bonds. The van der Waals surface area contributed by atoms with E-state index in [1.807, 2.05) is 11.7 Å². The quantitative estimate of drug-likeness (QED) is 0.884. The Morgan fingerprint density at radius 2 is 2.16 bits per heavy atom. The summed E-state index contributed by atoms with van der Waals surface area (Å²) in [7, 11) is 1.97. The van der Waals surface area contributed by atoms with Gasteiger partial charge in [-0.2, -0.15) is 5.10 Å². The molecule has 5 nitrogen and oxygen atoms in total. The molecule has 0 saturated carbocycles. The molecule has 3 fully saturated rings.